The van der Waals surface area contributed by atoms with Crippen LogP contribution in [0.15, 0.2) is 34.9 Å². The summed E-state index contributed by atoms with van der Waals surface area (Å²) in [5.74, 6) is 0.0147. The van der Waals surface area contributed by atoms with Crippen LogP contribution in [0.3, 0.4) is 0 Å². The van der Waals surface area contributed by atoms with Gasteiger partial charge in [-0.15, -0.1) is 0 Å². The molecule has 0 bridgehead atoms. The summed E-state index contributed by atoms with van der Waals surface area (Å²) in [7, 11) is 1.43. The summed E-state index contributed by atoms with van der Waals surface area (Å²) in [5, 5.41) is 10.5. The molecule has 0 aliphatic carbocycles. The Bertz CT molecular complexity index is 882. The van der Waals surface area contributed by atoms with Crippen LogP contribution in [0.4, 0.5) is 0 Å². The predicted molar refractivity (Wildman–Crippen MR) is 102 cm³/mol. The predicted octanol–water partition coefficient (Wildman–Crippen LogP) is 4.85. The molecule has 2 aromatic rings. The Morgan fingerprint density at radius 3 is 2.31 bits per heavy atom. The van der Waals surface area contributed by atoms with Crippen molar-refractivity contribution >= 4 is 28.0 Å². The van der Waals surface area contributed by atoms with Gasteiger partial charge in [0.05, 0.1) is 22.1 Å². The van der Waals surface area contributed by atoms with Gasteiger partial charge in [-0.3, -0.25) is 10.1 Å². The zero-order valence-electron chi connectivity index (χ0n) is 14.8. The number of carbonyl (C=O) groups is 1. The van der Waals surface area contributed by atoms with E-state index in [2.05, 4.69) is 15.9 Å². The molecule has 0 spiro atoms. The summed E-state index contributed by atoms with van der Waals surface area (Å²) < 4.78 is 11.3. The highest BCUT2D eigenvalue weighted by molar-refractivity contribution is 9.10. The molecule has 0 N–H and O–H groups in total. The van der Waals surface area contributed by atoms with E-state index in [-0.39, 0.29) is 11.5 Å². The van der Waals surface area contributed by atoms with Crippen molar-refractivity contribution in [1.29, 1.82) is 0 Å². The van der Waals surface area contributed by atoms with Crippen LogP contribution in [0.5, 0.6) is 11.5 Å². The summed E-state index contributed by atoms with van der Waals surface area (Å²) in [6.07, 6.45) is 2.15. The van der Waals surface area contributed by atoms with Gasteiger partial charge in [0.25, 0.3) is 0 Å². The summed E-state index contributed by atoms with van der Waals surface area (Å²) in [5.41, 5.74) is 3.76. The Kier molecular flexibility index (Phi) is 6.15. The number of rotatable bonds is 5. The van der Waals surface area contributed by atoms with Crippen molar-refractivity contribution in [2.45, 2.75) is 20.8 Å². The molecule has 26 heavy (non-hydrogen) atoms. The molecule has 0 aliphatic heterocycles. The van der Waals surface area contributed by atoms with Crippen LogP contribution >= 0.6 is 15.9 Å². The fraction of sp³-hybridized carbons (Fsp3) is 0.211. The van der Waals surface area contributed by atoms with E-state index >= 15 is 0 Å². The van der Waals surface area contributed by atoms with Crippen LogP contribution in [0, 0.1) is 30.9 Å². The number of nitro groups is 1. The van der Waals surface area contributed by atoms with Crippen LogP contribution in [0.1, 0.15) is 32.6 Å². The molecule has 2 aromatic carbocycles. The number of benzene rings is 2. The van der Waals surface area contributed by atoms with Crippen molar-refractivity contribution in [3.05, 3.63) is 72.9 Å². The number of nitrogens with zero attached hydrogens (tertiary/aromatic N) is 1. The van der Waals surface area contributed by atoms with E-state index in [1.54, 1.807) is 12.1 Å². The maximum Gasteiger partial charge on any atom is 0.344 e. The number of hydrogen-bond donors (Lipinski definition) is 0. The minimum atomic E-state index is -0.558. The van der Waals surface area contributed by atoms with Gasteiger partial charge in [-0.25, -0.2) is 4.79 Å². The van der Waals surface area contributed by atoms with E-state index in [0.717, 1.165) is 22.9 Å². The van der Waals surface area contributed by atoms with Crippen LogP contribution < -0.4 is 9.47 Å². The van der Waals surface area contributed by atoms with Gasteiger partial charge in [0.2, 0.25) is 6.20 Å². The summed E-state index contributed by atoms with van der Waals surface area (Å²) >= 11 is 3.33. The van der Waals surface area contributed by atoms with Gasteiger partial charge in [-0.2, -0.15) is 0 Å². The van der Waals surface area contributed by atoms with Gasteiger partial charge >= 0.3 is 5.97 Å². The first kappa shape index (κ1) is 19.7. The van der Waals surface area contributed by atoms with E-state index in [1.165, 1.54) is 13.2 Å². The second-order valence-corrected chi connectivity index (χ2v) is 6.65. The fourth-order valence-corrected chi connectivity index (χ4v) is 3.27. The minimum absolute atomic E-state index is 0.218. The lowest BCUT2D eigenvalue weighted by Gasteiger charge is -2.14. The van der Waals surface area contributed by atoms with Gasteiger partial charge in [0, 0.05) is 6.08 Å². The van der Waals surface area contributed by atoms with Crippen LogP contribution in [0.2, 0.25) is 0 Å². The van der Waals surface area contributed by atoms with Gasteiger partial charge in [0.15, 0.2) is 11.5 Å². The average molecular weight is 420 g/mol. The number of hydrogen-bond acceptors (Lipinski definition) is 5. The summed E-state index contributed by atoms with van der Waals surface area (Å²) in [4.78, 5) is 22.6. The quantitative estimate of drug-likeness (QED) is 0.299. The highest BCUT2D eigenvalue weighted by Gasteiger charge is 2.20. The maximum absolute atomic E-state index is 12.7. The molecule has 136 valence electrons. The number of halogens is 1. The van der Waals surface area contributed by atoms with Crippen molar-refractivity contribution in [2.24, 2.45) is 0 Å². The Balaban J connectivity index is 2.40. The summed E-state index contributed by atoms with van der Waals surface area (Å²) in [6.45, 7) is 5.68. The number of aryl methyl sites for hydroxylation is 3. The zero-order valence-corrected chi connectivity index (χ0v) is 16.4. The Labute approximate surface area is 159 Å². The summed E-state index contributed by atoms with van der Waals surface area (Å²) in [6, 6.07) is 7.00. The molecule has 0 aliphatic rings. The topological polar surface area (TPSA) is 78.7 Å². The third kappa shape index (κ3) is 4.49. The molecule has 0 saturated heterocycles. The first-order chi connectivity index (χ1) is 12.2. The van der Waals surface area contributed by atoms with E-state index < -0.39 is 10.9 Å². The molecule has 0 fully saturated rings. The number of carbonyl (C=O) groups excluding carboxylic acids is 1. The van der Waals surface area contributed by atoms with Gasteiger partial charge in [-0.1, -0.05) is 17.7 Å². The second-order valence-electron chi connectivity index (χ2n) is 5.80. The molecule has 0 heterocycles. The molecule has 7 heteroatoms. The van der Waals surface area contributed by atoms with Gasteiger partial charge in [-0.05, 0) is 65.5 Å². The first-order valence-electron chi connectivity index (χ1n) is 7.72. The molecule has 0 saturated carbocycles. The second kappa shape index (κ2) is 8.14. The highest BCUT2D eigenvalue weighted by Crippen LogP contribution is 2.38. The highest BCUT2D eigenvalue weighted by atomic mass is 79.9. The fourth-order valence-electron chi connectivity index (χ4n) is 2.73. The van der Waals surface area contributed by atoms with Crippen LogP contribution in [-0.4, -0.2) is 18.0 Å². The van der Waals surface area contributed by atoms with Gasteiger partial charge < -0.3 is 9.47 Å². The van der Waals surface area contributed by atoms with E-state index in [9.17, 15) is 14.9 Å². The molecule has 0 radical (unpaired) electrons. The molecule has 0 aromatic heterocycles. The Morgan fingerprint density at radius 1 is 1.15 bits per heavy atom. The SMILES string of the molecule is COc1cc(/C=C/[N+](=O)[O-])cc(Br)c1OC(=O)c1c(C)cc(C)cc1C. The van der Waals surface area contributed by atoms with Crippen molar-refractivity contribution in [3.8, 4) is 11.5 Å². The average Bonchev–Trinajstić information content (AvgIpc) is 2.53. The lowest BCUT2D eigenvalue weighted by molar-refractivity contribution is -0.400. The number of methoxy groups -OCH3 is 1. The first-order valence-corrected chi connectivity index (χ1v) is 8.51. The van der Waals surface area contributed by atoms with E-state index in [1.807, 2.05) is 32.9 Å². The van der Waals surface area contributed by atoms with E-state index in [0.29, 0.717) is 15.6 Å². The number of ether oxygens (including phenoxy) is 2. The molecule has 0 unspecified atom stereocenters. The monoisotopic (exact) mass is 419 g/mol. The number of esters is 1. The molecular weight excluding hydrogens is 402 g/mol. The van der Waals surface area contributed by atoms with Crippen LogP contribution in [0.25, 0.3) is 6.08 Å². The maximum atomic E-state index is 12.7. The largest absolute Gasteiger partial charge is 0.493 e. The lowest BCUT2D eigenvalue weighted by atomic mass is 10.00. The molecule has 0 atom stereocenters. The molecule has 2 rings (SSSR count). The zero-order chi connectivity index (χ0) is 19.4. The third-order valence-electron chi connectivity index (χ3n) is 3.72. The van der Waals surface area contributed by atoms with Crippen molar-refractivity contribution in [2.75, 3.05) is 7.11 Å². The van der Waals surface area contributed by atoms with Crippen molar-refractivity contribution < 1.29 is 19.2 Å². The van der Waals surface area contributed by atoms with Crippen molar-refractivity contribution in [3.63, 3.8) is 0 Å². The Hall–Kier alpha value is -2.67. The third-order valence-corrected chi connectivity index (χ3v) is 4.31. The minimum Gasteiger partial charge on any atom is -0.493 e. The Morgan fingerprint density at radius 2 is 1.77 bits per heavy atom. The van der Waals surface area contributed by atoms with Crippen molar-refractivity contribution in [1.82, 2.24) is 0 Å². The standard InChI is InChI=1S/C19H18BrNO5/c1-11-7-12(2)17(13(3)8-11)19(22)26-18-15(20)9-14(5-6-21(23)24)10-16(18)25-4/h5-10H,1-4H3/b6-5+. The molecular formula is C19H18BrNO5. The van der Waals surface area contributed by atoms with E-state index in [4.69, 9.17) is 9.47 Å². The van der Waals surface area contributed by atoms with Crippen LogP contribution in [-0.2, 0) is 0 Å². The molecule has 6 nitrogen and oxygen atoms in total. The van der Waals surface area contributed by atoms with Gasteiger partial charge in [0.1, 0.15) is 0 Å². The molecule has 0 amide bonds. The normalized spacial score (nSPS) is 10.8. The smallest absolute Gasteiger partial charge is 0.344 e. The lowest BCUT2D eigenvalue weighted by Crippen LogP contribution is -2.13.